The average molecular weight is 206 g/mol. The van der Waals surface area contributed by atoms with Gasteiger partial charge in [0.05, 0.1) is 0 Å². The second kappa shape index (κ2) is 4.78. The van der Waals surface area contributed by atoms with Crippen LogP contribution < -0.4 is 0 Å². The molecular weight excluding hydrogens is 196 g/mol. The molecule has 0 aliphatic heterocycles. The molecular formula is C7H10O5S. The number of hydrogen-bond acceptors (Lipinski definition) is 4. The number of carbonyl (C=O) groups is 1. The van der Waals surface area contributed by atoms with Crippen molar-refractivity contribution in [3.63, 3.8) is 0 Å². The van der Waals surface area contributed by atoms with E-state index < -0.39 is 16.4 Å². The molecule has 0 spiro atoms. The molecule has 0 aromatic carbocycles. The minimum atomic E-state index is -4.73. The van der Waals surface area contributed by atoms with Gasteiger partial charge in [-0.1, -0.05) is 12.7 Å². The third-order valence-electron chi connectivity index (χ3n) is 1.12. The summed E-state index contributed by atoms with van der Waals surface area (Å²) >= 11 is 0. The Labute approximate surface area is 76.7 Å². The molecule has 74 valence electrons. The van der Waals surface area contributed by atoms with Crippen molar-refractivity contribution >= 4 is 16.4 Å². The van der Waals surface area contributed by atoms with Crippen molar-refractivity contribution in [2.75, 3.05) is 0 Å². The lowest BCUT2D eigenvalue weighted by molar-refractivity contribution is -0.130. The zero-order valence-corrected chi connectivity index (χ0v) is 7.71. The van der Waals surface area contributed by atoms with Gasteiger partial charge in [-0.2, -0.15) is 8.42 Å². The molecule has 0 heterocycles. The highest BCUT2D eigenvalue weighted by molar-refractivity contribution is 7.81. The molecule has 0 unspecified atom stereocenters. The number of hydrogen-bond donors (Lipinski definition) is 1. The molecule has 0 fully saturated rings. The van der Waals surface area contributed by atoms with Crippen LogP contribution in [0.1, 0.15) is 12.8 Å². The SMILES string of the molecule is C=CCCC(=C)C(=O)OS(=O)(=O)O. The maximum Gasteiger partial charge on any atom is 0.449 e. The van der Waals surface area contributed by atoms with E-state index in [1.54, 1.807) is 6.08 Å². The monoisotopic (exact) mass is 206 g/mol. The van der Waals surface area contributed by atoms with Crippen molar-refractivity contribution in [3.05, 3.63) is 24.8 Å². The van der Waals surface area contributed by atoms with Crippen LogP contribution in [-0.2, 0) is 19.4 Å². The summed E-state index contributed by atoms with van der Waals surface area (Å²) in [5, 5.41) is 0. The van der Waals surface area contributed by atoms with Crippen molar-refractivity contribution in [1.82, 2.24) is 0 Å². The minimum absolute atomic E-state index is 0.0301. The lowest BCUT2D eigenvalue weighted by atomic mass is 10.2. The Morgan fingerprint density at radius 1 is 1.54 bits per heavy atom. The number of rotatable bonds is 5. The topological polar surface area (TPSA) is 80.7 Å². The Morgan fingerprint density at radius 2 is 2.08 bits per heavy atom. The molecule has 0 amide bonds. The van der Waals surface area contributed by atoms with Crippen LogP contribution >= 0.6 is 0 Å². The van der Waals surface area contributed by atoms with Gasteiger partial charge in [-0.25, -0.2) is 4.79 Å². The highest BCUT2D eigenvalue weighted by atomic mass is 32.3. The summed E-state index contributed by atoms with van der Waals surface area (Å²) in [6.45, 7) is 6.68. The summed E-state index contributed by atoms with van der Waals surface area (Å²) in [7, 11) is -4.73. The molecule has 1 N–H and O–H groups in total. The van der Waals surface area contributed by atoms with Gasteiger partial charge >= 0.3 is 16.4 Å². The standard InChI is InChI=1S/C7H10O5S/c1-3-4-5-6(2)7(8)12-13(9,10)11/h3H,1-2,4-5H2,(H,9,10,11). The van der Waals surface area contributed by atoms with Crippen LogP contribution in [0.3, 0.4) is 0 Å². The van der Waals surface area contributed by atoms with E-state index in [9.17, 15) is 13.2 Å². The molecule has 0 saturated carbocycles. The molecule has 0 bridgehead atoms. The molecule has 6 heteroatoms. The maximum atomic E-state index is 10.8. The van der Waals surface area contributed by atoms with Gasteiger partial charge in [-0.15, -0.1) is 6.58 Å². The summed E-state index contributed by atoms with van der Waals surface area (Å²) in [5.74, 6) is -1.15. The fourth-order valence-corrected chi connectivity index (χ4v) is 0.842. The Balaban J connectivity index is 4.13. The van der Waals surface area contributed by atoms with Crippen LogP contribution in [0.5, 0.6) is 0 Å². The third kappa shape index (κ3) is 6.06. The van der Waals surface area contributed by atoms with Gasteiger partial charge in [-0.3, -0.25) is 4.55 Å². The molecule has 0 aliphatic rings. The molecule has 0 radical (unpaired) electrons. The molecule has 0 saturated heterocycles. The van der Waals surface area contributed by atoms with Gasteiger partial charge < -0.3 is 4.18 Å². The van der Waals surface area contributed by atoms with Crippen molar-refractivity contribution in [3.8, 4) is 0 Å². The Kier molecular flexibility index (Phi) is 4.36. The first-order valence-corrected chi connectivity index (χ1v) is 4.73. The van der Waals surface area contributed by atoms with Crippen LogP contribution in [0.25, 0.3) is 0 Å². The summed E-state index contributed by atoms with van der Waals surface area (Å²) < 4.78 is 31.9. The molecule has 5 nitrogen and oxygen atoms in total. The van der Waals surface area contributed by atoms with Crippen molar-refractivity contribution in [2.45, 2.75) is 12.8 Å². The van der Waals surface area contributed by atoms with E-state index in [0.717, 1.165) is 0 Å². The highest BCUT2D eigenvalue weighted by Gasteiger charge is 2.15. The first-order valence-electron chi connectivity index (χ1n) is 3.36. The summed E-state index contributed by atoms with van der Waals surface area (Å²) in [6.07, 6.45) is 2.28. The maximum absolute atomic E-state index is 10.8. The van der Waals surface area contributed by atoms with Crippen LogP contribution in [0.15, 0.2) is 24.8 Å². The second-order valence-electron chi connectivity index (χ2n) is 2.23. The van der Waals surface area contributed by atoms with Crippen LogP contribution in [0.2, 0.25) is 0 Å². The van der Waals surface area contributed by atoms with Gasteiger partial charge in [0.25, 0.3) is 0 Å². The largest absolute Gasteiger partial charge is 0.449 e. The van der Waals surface area contributed by atoms with E-state index in [1.807, 2.05) is 0 Å². The first kappa shape index (κ1) is 11.9. The summed E-state index contributed by atoms with van der Waals surface area (Å²) in [5.41, 5.74) is -0.0301. The zero-order chi connectivity index (χ0) is 10.5. The molecule has 0 atom stereocenters. The zero-order valence-electron chi connectivity index (χ0n) is 6.89. The van der Waals surface area contributed by atoms with Crippen LogP contribution in [-0.4, -0.2) is 18.9 Å². The fraction of sp³-hybridized carbons (Fsp3) is 0.286. The third-order valence-corrected chi connectivity index (χ3v) is 1.48. The normalized spacial score (nSPS) is 10.5. The van der Waals surface area contributed by atoms with E-state index in [0.29, 0.717) is 6.42 Å². The summed E-state index contributed by atoms with van der Waals surface area (Å²) in [6, 6.07) is 0. The number of carbonyl (C=O) groups excluding carboxylic acids is 1. The highest BCUT2D eigenvalue weighted by Crippen LogP contribution is 2.06. The first-order chi connectivity index (χ1) is 5.87. The lowest BCUT2D eigenvalue weighted by Gasteiger charge is -2.01. The van der Waals surface area contributed by atoms with Gasteiger partial charge in [0.1, 0.15) is 0 Å². The Morgan fingerprint density at radius 3 is 2.46 bits per heavy atom. The lowest BCUT2D eigenvalue weighted by Crippen LogP contribution is -2.13. The minimum Gasteiger partial charge on any atom is -0.321 e. The second-order valence-corrected chi connectivity index (χ2v) is 3.25. The molecule has 0 aliphatic carbocycles. The van der Waals surface area contributed by atoms with Crippen molar-refractivity contribution in [1.29, 1.82) is 0 Å². The van der Waals surface area contributed by atoms with E-state index in [2.05, 4.69) is 17.3 Å². The Hall–Kier alpha value is -1.14. The predicted octanol–water partition coefficient (Wildman–Crippen LogP) is 0.855. The number of allylic oxidation sites excluding steroid dienone is 1. The van der Waals surface area contributed by atoms with Crippen molar-refractivity contribution < 1.29 is 21.9 Å². The van der Waals surface area contributed by atoms with Gasteiger partial charge in [0.15, 0.2) is 0 Å². The average Bonchev–Trinajstić information content (AvgIpc) is 1.96. The van der Waals surface area contributed by atoms with Crippen LogP contribution in [0, 0.1) is 0 Å². The Bertz CT molecular complexity index is 314. The summed E-state index contributed by atoms with van der Waals surface area (Å²) in [4.78, 5) is 10.8. The van der Waals surface area contributed by atoms with Gasteiger partial charge in [0.2, 0.25) is 0 Å². The van der Waals surface area contributed by atoms with Gasteiger partial charge in [0, 0.05) is 5.57 Å². The predicted molar refractivity (Wildman–Crippen MR) is 46.2 cm³/mol. The van der Waals surface area contributed by atoms with E-state index >= 15 is 0 Å². The molecule has 0 aromatic rings. The fourth-order valence-electron chi connectivity index (χ4n) is 0.533. The quantitative estimate of drug-likeness (QED) is 0.410. The molecule has 13 heavy (non-hydrogen) atoms. The smallest absolute Gasteiger partial charge is 0.321 e. The molecule has 0 aromatic heterocycles. The van der Waals surface area contributed by atoms with Crippen LogP contribution in [0.4, 0.5) is 0 Å². The van der Waals surface area contributed by atoms with Gasteiger partial charge in [-0.05, 0) is 12.8 Å². The van der Waals surface area contributed by atoms with E-state index in [-0.39, 0.29) is 12.0 Å². The van der Waals surface area contributed by atoms with E-state index in [1.165, 1.54) is 0 Å². The van der Waals surface area contributed by atoms with Crippen molar-refractivity contribution in [2.24, 2.45) is 0 Å². The van der Waals surface area contributed by atoms with E-state index in [4.69, 9.17) is 4.55 Å². The molecule has 0 rings (SSSR count).